The molecule has 0 aliphatic rings. The van der Waals surface area contributed by atoms with Crippen LogP contribution in [-0.2, 0) is 14.4 Å². The summed E-state index contributed by atoms with van der Waals surface area (Å²) in [4.78, 5) is 0.652. The number of benzene rings is 1. The predicted molar refractivity (Wildman–Crippen MR) is 42.9 cm³/mol. The normalized spacial score (nSPS) is 12.9. The summed E-state index contributed by atoms with van der Waals surface area (Å²) in [5.41, 5.74) is 0. The van der Waals surface area contributed by atoms with Crippen LogP contribution in [0.25, 0.3) is 0 Å². The van der Waals surface area contributed by atoms with E-state index < -0.39 is 11.1 Å². The number of rotatable bonds is 2. The van der Waals surface area contributed by atoms with Crippen molar-refractivity contribution in [3.05, 3.63) is 30.3 Å². The van der Waals surface area contributed by atoms with Gasteiger partial charge in [-0.2, -0.15) is 0 Å². The predicted octanol–water partition coefficient (Wildman–Crippen LogP) is 2.04. The zero-order valence-corrected chi connectivity index (χ0v) is 7.39. The summed E-state index contributed by atoms with van der Waals surface area (Å²) >= 11 is 1.28. The van der Waals surface area contributed by atoms with E-state index in [0.717, 1.165) is 0 Å². The summed E-state index contributed by atoms with van der Waals surface area (Å²) in [7, 11) is 0. The van der Waals surface area contributed by atoms with E-state index in [4.69, 9.17) is 0 Å². The Kier molecular flexibility index (Phi) is 3.05. The largest absolute Gasteiger partial charge is 0.223 e. The van der Waals surface area contributed by atoms with Crippen LogP contribution in [0.1, 0.15) is 0 Å². The van der Waals surface area contributed by atoms with E-state index in [0.29, 0.717) is 4.90 Å². The van der Waals surface area contributed by atoms with Crippen LogP contribution in [0.5, 0.6) is 0 Å². The Morgan fingerprint density at radius 1 is 1.30 bits per heavy atom. The highest BCUT2D eigenvalue weighted by atomic mass is 79.9. The van der Waals surface area contributed by atoms with Crippen molar-refractivity contribution in [2.24, 2.45) is 0 Å². The fraction of sp³-hybridized carbons (Fsp3) is 0. The van der Waals surface area contributed by atoms with Crippen molar-refractivity contribution in [3.63, 3.8) is 0 Å². The molecule has 0 amide bonds. The maximum absolute atomic E-state index is 10.9. The van der Waals surface area contributed by atoms with E-state index in [-0.39, 0.29) is 0 Å². The Morgan fingerprint density at radius 3 is 2.40 bits per heavy atom. The van der Waals surface area contributed by atoms with Crippen LogP contribution < -0.4 is 0 Å². The zero-order chi connectivity index (χ0) is 7.40. The second-order valence-corrected chi connectivity index (χ2v) is 3.47. The summed E-state index contributed by atoms with van der Waals surface area (Å²) in [5.74, 6) is 0. The summed E-state index contributed by atoms with van der Waals surface area (Å²) in [6.07, 6.45) is 0. The van der Waals surface area contributed by atoms with Crippen LogP contribution >= 0.6 is 16.3 Å². The summed E-state index contributed by atoms with van der Waals surface area (Å²) in [5, 5.41) is 0. The van der Waals surface area contributed by atoms with Gasteiger partial charge in [-0.15, -0.1) is 0 Å². The average Bonchev–Trinajstić information content (AvgIpc) is 2.05. The van der Waals surface area contributed by atoms with Crippen molar-refractivity contribution in [2.45, 2.75) is 4.90 Å². The monoisotopic (exact) mass is 220 g/mol. The topological polar surface area (TPSA) is 26.3 Å². The second kappa shape index (κ2) is 3.85. The molecule has 0 aliphatic heterocycles. The van der Waals surface area contributed by atoms with Gasteiger partial charge in [-0.3, -0.25) is 0 Å². The summed E-state index contributed by atoms with van der Waals surface area (Å²) < 4.78 is 15.3. The fourth-order valence-electron chi connectivity index (χ4n) is 0.568. The molecule has 0 spiro atoms. The lowest BCUT2D eigenvalue weighted by atomic mass is 10.4. The molecule has 1 aromatic rings. The molecular weight excluding hydrogens is 216 g/mol. The van der Waals surface area contributed by atoms with Gasteiger partial charge in [0.25, 0.3) is 0 Å². The fourth-order valence-corrected chi connectivity index (χ4v) is 1.48. The van der Waals surface area contributed by atoms with Gasteiger partial charge in [-0.05, 0) is 12.1 Å². The first-order valence-electron chi connectivity index (χ1n) is 2.60. The Bertz CT molecular complexity index is 224. The molecule has 1 rings (SSSR count). The minimum absolute atomic E-state index is 0.652. The van der Waals surface area contributed by atoms with E-state index >= 15 is 0 Å². The first-order valence-corrected chi connectivity index (χ1v) is 4.32. The van der Waals surface area contributed by atoms with Crippen molar-refractivity contribution < 1.29 is 7.48 Å². The third kappa shape index (κ3) is 1.90. The van der Waals surface area contributed by atoms with Crippen LogP contribution in [0.3, 0.4) is 0 Å². The molecule has 0 radical (unpaired) electrons. The van der Waals surface area contributed by atoms with E-state index in [1.165, 1.54) is 0 Å². The van der Waals surface area contributed by atoms with Crippen molar-refractivity contribution in [2.75, 3.05) is 0 Å². The summed E-state index contributed by atoms with van der Waals surface area (Å²) in [6.45, 7) is 0. The SMILES string of the molecule is O=S(OBr)c1ccccc1. The third-order valence-electron chi connectivity index (χ3n) is 0.993. The van der Waals surface area contributed by atoms with Gasteiger partial charge < -0.3 is 0 Å². The third-order valence-corrected chi connectivity index (χ3v) is 2.48. The van der Waals surface area contributed by atoms with Gasteiger partial charge in [0.2, 0.25) is 11.1 Å². The van der Waals surface area contributed by atoms with Crippen LogP contribution in [0.15, 0.2) is 35.2 Å². The molecule has 2 nitrogen and oxygen atoms in total. The first kappa shape index (κ1) is 7.91. The molecule has 0 fully saturated rings. The molecule has 10 heavy (non-hydrogen) atoms. The highest BCUT2D eigenvalue weighted by Gasteiger charge is 1.99. The molecule has 1 atom stereocenters. The number of hydrogen-bond donors (Lipinski definition) is 0. The highest BCUT2D eigenvalue weighted by molar-refractivity contribution is 9.06. The van der Waals surface area contributed by atoms with E-state index in [2.05, 4.69) is 19.5 Å². The van der Waals surface area contributed by atoms with Gasteiger partial charge in [0.15, 0.2) is 0 Å². The van der Waals surface area contributed by atoms with Crippen molar-refractivity contribution in [1.82, 2.24) is 0 Å². The minimum Gasteiger partial charge on any atom is -0.223 e. The van der Waals surface area contributed by atoms with Crippen LogP contribution in [-0.4, -0.2) is 4.21 Å². The summed E-state index contributed by atoms with van der Waals surface area (Å²) in [6, 6.07) is 8.93. The second-order valence-electron chi connectivity index (χ2n) is 1.61. The number of halogens is 1. The Balaban J connectivity index is 2.85. The molecular formula is C6H5BrO2S. The van der Waals surface area contributed by atoms with Crippen molar-refractivity contribution in [3.8, 4) is 0 Å². The van der Waals surface area contributed by atoms with Gasteiger partial charge in [0.05, 0.1) is 4.90 Å². The quantitative estimate of drug-likeness (QED) is 0.763. The molecule has 0 bridgehead atoms. The molecule has 1 aromatic carbocycles. The van der Waals surface area contributed by atoms with Gasteiger partial charge >= 0.3 is 0 Å². The van der Waals surface area contributed by atoms with Gasteiger partial charge in [0.1, 0.15) is 16.3 Å². The van der Waals surface area contributed by atoms with Gasteiger partial charge in [-0.25, -0.2) is 7.48 Å². The molecule has 4 heteroatoms. The molecule has 0 saturated carbocycles. The molecule has 1 unspecified atom stereocenters. The molecule has 54 valence electrons. The lowest BCUT2D eigenvalue weighted by Crippen LogP contribution is -1.87. The number of hydrogen-bond acceptors (Lipinski definition) is 2. The zero-order valence-electron chi connectivity index (χ0n) is 4.99. The van der Waals surface area contributed by atoms with Crippen LogP contribution in [0.4, 0.5) is 0 Å². The standard InChI is InChI=1S/C6H5BrO2S/c7-9-10(8)6-4-2-1-3-5-6/h1-5H. The Hall–Kier alpha value is -0.190. The van der Waals surface area contributed by atoms with E-state index in [1.54, 1.807) is 24.3 Å². The minimum atomic E-state index is -1.37. The van der Waals surface area contributed by atoms with Gasteiger partial charge in [0, 0.05) is 0 Å². The molecule has 0 heterocycles. The van der Waals surface area contributed by atoms with Crippen molar-refractivity contribution in [1.29, 1.82) is 0 Å². The molecule has 0 saturated heterocycles. The smallest absolute Gasteiger partial charge is 0.200 e. The average molecular weight is 221 g/mol. The van der Waals surface area contributed by atoms with E-state index in [1.807, 2.05) is 6.07 Å². The van der Waals surface area contributed by atoms with Crippen molar-refractivity contribution >= 4 is 27.3 Å². The lowest BCUT2D eigenvalue weighted by Gasteiger charge is -1.93. The molecule has 0 aromatic heterocycles. The first-order chi connectivity index (χ1) is 4.84. The van der Waals surface area contributed by atoms with Gasteiger partial charge in [-0.1, -0.05) is 18.2 Å². The Morgan fingerprint density at radius 2 is 1.90 bits per heavy atom. The van der Waals surface area contributed by atoms with E-state index in [9.17, 15) is 4.21 Å². The lowest BCUT2D eigenvalue weighted by molar-refractivity contribution is 0.621. The van der Waals surface area contributed by atoms with Crippen LogP contribution in [0.2, 0.25) is 0 Å². The maximum Gasteiger partial charge on any atom is 0.200 e. The maximum atomic E-state index is 10.9. The van der Waals surface area contributed by atoms with Crippen LogP contribution in [0, 0.1) is 0 Å². The molecule has 0 N–H and O–H groups in total. The highest BCUT2D eigenvalue weighted by Crippen LogP contribution is 2.08. The Labute approximate surface area is 70.3 Å². The molecule has 0 aliphatic carbocycles.